The van der Waals surface area contributed by atoms with Crippen molar-refractivity contribution in [3.8, 4) is 5.69 Å². The van der Waals surface area contributed by atoms with E-state index in [1.807, 2.05) is 29.0 Å². The molecule has 25 heavy (non-hydrogen) atoms. The number of hydrogen-bond acceptors (Lipinski definition) is 5. The van der Waals surface area contributed by atoms with E-state index in [1.54, 1.807) is 36.4 Å². The second kappa shape index (κ2) is 7.41. The van der Waals surface area contributed by atoms with Gasteiger partial charge in [0.2, 0.25) is 0 Å². The van der Waals surface area contributed by atoms with Gasteiger partial charge in [-0.1, -0.05) is 18.2 Å². The van der Waals surface area contributed by atoms with E-state index in [2.05, 4.69) is 5.48 Å². The summed E-state index contributed by atoms with van der Waals surface area (Å²) in [5, 5.41) is 10.7. The lowest BCUT2D eigenvalue weighted by molar-refractivity contribution is -0.384. The zero-order valence-corrected chi connectivity index (χ0v) is 13.2. The third kappa shape index (κ3) is 3.91. The highest BCUT2D eigenvalue weighted by Gasteiger charge is 2.09. The summed E-state index contributed by atoms with van der Waals surface area (Å²) in [4.78, 5) is 27.2. The van der Waals surface area contributed by atoms with Crippen LogP contribution >= 0.6 is 0 Å². The topological polar surface area (TPSA) is 86.4 Å². The van der Waals surface area contributed by atoms with Crippen LogP contribution in [0.2, 0.25) is 0 Å². The first-order valence-electron chi connectivity index (χ1n) is 7.55. The number of hydroxylamine groups is 1. The largest absolute Gasteiger partial charge is 0.366 e. The number of non-ortho nitro benzene ring substituents is 1. The first kappa shape index (κ1) is 16.4. The fourth-order valence-electron chi connectivity index (χ4n) is 2.36. The minimum Gasteiger partial charge on any atom is -0.366 e. The molecule has 0 aliphatic rings. The Kier molecular flexibility index (Phi) is 4.87. The van der Waals surface area contributed by atoms with Crippen molar-refractivity contribution in [3.05, 3.63) is 94.3 Å². The van der Waals surface area contributed by atoms with Gasteiger partial charge in [0, 0.05) is 29.7 Å². The van der Waals surface area contributed by atoms with E-state index >= 15 is 0 Å². The van der Waals surface area contributed by atoms with Crippen molar-refractivity contribution in [3.63, 3.8) is 0 Å². The Morgan fingerprint density at radius 2 is 1.76 bits per heavy atom. The molecular formula is C18H15N3O4. The van der Waals surface area contributed by atoms with Gasteiger partial charge in [0.25, 0.3) is 5.69 Å². The predicted molar refractivity (Wildman–Crippen MR) is 91.1 cm³/mol. The highest BCUT2D eigenvalue weighted by Crippen LogP contribution is 2.17. The predicted octanol–water partition coefficient (Wildman–Crippen LogP) is 3.25. The molecule has 0 bridgehead atoms. The summed E-state index contributed by atoms with van der Waals surface area (Å²) in [6, 6.07) is 18.6. The Morgan fingerprint density at radius 3 is 2.44 bits per heavy atom. The molecule has 0 aliphatic carbocycles. The maximum absolute atomic E-state index is 11.9. The number of rotatable bonds is 6. The van der Waals surface area contributed by atoms with E-state index < -0.39 is 10.9 Å². The Bertz CT molecular complexity index is 873. The molecule has 7 heteroatoms. The molecule has 0 fully saturated rings. The van der Waals surface area contributed by atoms with Crippen LogP contribution < -0.4 is 5.48 Å². The Balaban J connectivity index is 1.64. The molecule has 1 heterocycles. The zero-order valence-electron chi connectivity index (χ0n) is 13.2. The van der Waals surface area contributed by atoms with E-state index in [9.17, 15) is 14.9 Å². The molecule has 3 rings (SSSR count). The minimum atomic E-state index is -0.464. The lowest BCUT2D eigenvalue weighted by Gasteiger charge is -2.10. The summed E-state index contributed by atoms with van der Waals surface area (Å²) < 4.78 is 1.85. The van der Waals surface area contributed by atoms with Crippen LogP contribution in [0.4, 0.5) is 5.69 Å². The number of nitro benzene ring substituents is 1. The molecule has 0 aliphatic heterocycles. The number of nitro groups is 1. The van der Waals surface area contributed by atoms with Crippen molar-refractivity contribution in [1.29, 1.82) is 0 Å². The normalized spacial score (nSPS) is 10.4. The lowest BCUT2D eigenvalue weighted by Crippen LogP contribution is -2.20. The van der Waals surface area contributed by atoms with Gasteiger partial charge in [-0.2, -0.15) is 0 Å². The number of carbonyl (C=O) groups is 1. The molecule has 0 saturated heterocycles. The van der Waals surface area contributed by atoms with E-state index in [4.69, 9.17) is 4.84 Å². The van der Waals surface area contributed by atoms with Crippen LogP contribution in [0.5, 0.6) is 0 Å². The lowest BCUT2D eigenvalue weighted by atomic mass is 10.2. The molecule has 1 N–H and O–H groups in total. The molecule has 3 aromatic rings. The van der Waals surface area contributed by atoms with Crippen LogP contribution in [0.1, 0.15) is 16.1 Å². The molecule has 0 amide bonds. The van der Waals surface area contributed by atoms with Crippen LogP contribution in [-0.2, 0) is 11.4 Å². The number of benzene rings is 2. The third-order valence-electron chi connectivity index (χ3n) is 3.60. The molecule has 0 radical (unpaired) electrons. The van der Waals surface area contributed by atoms with Gasteiger partial charge in [-0.25, -0.2) is 4.79 Å². The smallest absolute Gasteiger partial charge is 0.356 e. The van der Waals surface area contributed by atoms with Gasteiger partial charge in [-0.3, -0.25) is 10.1 Å². The minimum absolute atomic E-state index is 0.0346. The molecular weight excluding hydrogens is 322 g/mol. The molecule has 1 aromatic heterocycles. The molecule has 0 atom stereocenters. The number of nitrogens with zero attached hydrogens (tertiary/aromatic N) is 2. The van der Waals surface area contributed by atoms with E-state index in [1.165, 1.54) is 12.1 Å². The highest BCUT2D eigenvalue weighted by atomic mass is 16.7. The zero-order chi connectivity index (χ0) is 17.6. The Labute approximate surface area is 143 Å². The number of carbonyl (C=O) groups excluding carboxylic acids is 1. The Hall–Kier alpha value is -3.45. The summed E-state index contributed by atoms with van der Waals surface area (Å²) in [5.41, 5.74) is 4.76. The summed E-state index contributed by atoms with van der Waals surface area (Å²) in [6.07, 6.45) is 1.83. The second-order valence-electron chi connectivity index (χ2n) is 5.22. The first-order valence-corrected chi connectivity index (χ1v) is 7.55. The summed E-state index contributed by atoms with van der Waals surface area (Å²) >= 11 is 0. The quantitative estimate of drug-likeness (QED) is 0.551. The van der Waals surface area contributed by atoms with Gasteiger partial charge in [0.05, 0.1) is 17.0 Å². The maximum Gasteiger partial charge on any atom is 0.356 e. The molecule has 2 aromatic carbocycles. The van der Waals surface area contributed by atoms with Crippen LogP contribution in [0.3, 0.4) is 0 Å². The van der Waals surface area contributed by atoms with Crippen molar-refractivity contribution in [2.45, 2.75) is 6.54 Å². The SMILES string of the molecule is O=C(ONCc1cccn1-c1ccc([N+](=O)[O-])cc1)c1ccccc1. The summed E-state index contributed by atoms with van der Waals surface area (Å²) in [5.74, 6) is -0.464. The number of hydrogen-bond donors (Lipinski definition) is 1. The van der Waals surface area contributed by atoms with Gasteiger partial charge < -0.3 is 9.40 Å². The van der Waals surface area contributed by atoms with Crippen LogP contribution in [0.25, 0.3) is 5.69 Å². The van der Waals surface area contributed by atoms with Crippen molar-refractivity contribution < 1.29 is 14.6 Å². The van der Waals surface area contributed by atoms with Crippen molar-refractivity contribution in [2.75, 3.05) is 0 Å². The van der Waals surface area contributed by atoms with E-state index in [0.717, 1.165) is 11.4 Å². The fourth-order valence-corrected chi connectivity index (χ4v) is 2.36. The molecule has 7 nitrogen and oxygen atoms in total. The van der Waals surface area contributed by atoms with E-state index in [0.29, 0.717) is 12.1 Å². The molecule has 0 spiro atoms. The van der Waals surface area contributed by atoms with Crippen molar-refractivity contribution >= 4 is 11.7 Å². The first-order chi connectivity index (χ1) is 12.1. The van der Waals surface area contributed by atoms with Gasteiger partial charge in [-0.05, 0) is 36.4 Å². The summed E-state index contributed by atoms with van der Waals surface area (Å²) in [6.45, 7) is 0.294. The highest BCUT2D eigenvalue weighted by molar-refractivity contribution is 5.89. The molecule has 126 valence electrons. The van der Waals surface area contributed by atoms with Crippen molar-refractivity contribution in [2.24, 2.45) is 0 Å². The third-order valence-corrected chi connectivity index (χ3v) is 3.60. The summed E-state index contributed by atoms with van der Waals surface area (Å²) in [7, 11) is 0. The maximum atomic E-state index is 11.9. The van der Waals surface area contributed by atoms with Gasteiger partial charge >= 0.3 is 5.97 Å². The van der Waals surface area contributed by atoms with E-state index in [-0.39, 0.29) is 5.69 Å². The standard InChI is InChI=1S/C18H15N3O4/c22-18(14-5-2-1-3-6-14)25-19-13-17-7-4-12-20(17)15-8-10-16(11-9-15)21(23)24/h1-12,19H,13H2. The van der Waals surface area contributed by atoms with Gasteiger partial charge in [0.15, 0.2) is 0 Å². The van der Waals surface area contributed by atoms with Gasteiger partial charge in [0.1, 0.15) is 0 Å². The molecule has 0 saturated carbocycles. The van der Waals surface area contributed by atoms with Gasteiger partial charge in [-0.15, -0.1) is 5.48 Å². The fraction of sp³-hybridized carbons (Fsp3) is 0.0556. The monoisotopic (exact) mass is 337 g/mol. The average molecular weight is 337 g/mol. The number of nitrogens with one attached hydrogen (secondary N) is 1. The van der Waals surface area contributed by atoms with Crippen molar-refractivity contribution in [1.82, 2.24) is 10.0 Å². The van der Waals surface area contributed by atoms with Crippen LogP contribution in [0.15, 0.2) is 72.9 Å². The average Bonchev–Trinajstić information content (AvgIpc) is 3.11. The van der Waals surface area contributed by atoms with Crippen LogP contribution in [-0.4, -0.2) is 15.5 Å². The second-order valence-corrected chi connectivity index (χ2v) is 5.22. The van der Waals surface area contributed by atoms with Crippen LogP contribution in [0, 0.1) is 10.1 Å². The Morgan fingerprint density at radius 1 is 1.04 bits per heavy atom. The number of aromatic nitrogens is 1. The molecule has 0 unspecified atom stereocenters.